The van der Waals surface area contributed by atoms with E-state index in [0.717, 1.165) is 0 Å². The van der Waals surface area contributed by atoms with Gasteiger partial charge >= 0.3 is 0 Å². The molecule has 1 aromatic carbocycles. The van der Waals surface area contributed by atoms with Crippen LogP contribution in [0.25, 0.3) is 0 Å². The van der Waals surface area contributed by atoms with Crippen LogP contribution in [0.3, 0.4) is 0 Å². The van der Waals surface area contributed by atoms with Crippen molar-refractivity contribution in [3.05, 3.63) is 35.4 Å². The molecule has 6 nitrogen and oxygen atoms in total. The number of hydrogen-bond acceptors (Lipinski definition) is 4. The molecule has 0 radical (unpaired) electrons. The van der Waals surface area contributed by atoms with Gasteiger partial charge in [-0.2, -0.15) is 0 Å². The van der Waals surface area contributed by atoms with Crippen molar-refractivity contribution in [2.75, 3.05) is 25.4 Å². The van der Waals surface area contributed by atoms with Crippen LogP contribution in [0.2, 0.25) is 0 Å². The van der Waals surface area contributed by atoms with Crippen LogP contribution in [0.4, 0.5) is 0 Å². The molecule has 1 aromatic rings. The Morgan fingerprint density at radius 3 is 2.81 bits per heavy atom. The van der Waals surface area contributed by atoms with Gasteiger partial charge in [-0.05, 0) is 18.2 Å². The normalized spacial score (nSPS) is 10.6. The molecule has 0 unspecified atom stereocenters. The highest BCUT2D eigenvalue weighted by Gasteiger charge is 2.10. The molecule has 0 saturated heterocycles. The third-order valence-corrected chi connectivity index (χ3v) is 3.95. The first kappa shape index (κ1) is 17.2. The van der Waals surface area contributed by atoms with E-state index in [9.17, 15) is 13.2 Å². The van der Waals surface area contributed by atoms with E-state index in [-0.39, 0.29) is 24.7 Å². The zero-order valence-electron chi connectivity index (χ0n) is 11.8. The van der Waals surface area contributed by atoms with E-state index in [1.54, 1.807) is 31.2 Å². The van der Waals surface area contributed by atoms with E-state index in [2.05, 4.69) is 21.9 Å². The largest absolute Gasteiger partial charge is 0.351 e. The van der Waals surface area contributed by atoms with Crippen LogP contribution in [0.5, 0.6) is 0 Å². The molecule has 7 heteroatoms. The second kappa shape index (κ2) is 8.42. The second-order valence-corrected chi connectivity index (χ2v) is 6.09. The lowest BCUT2D eigenvalue weighted by molar-refractivity contribution is 0.0956. The Morgan fingerprint density at radius 2 is 2.14 bits per heavy atom. The standard InChI is InChI=1S/C14H19N3O3S/c1-2-17-21(19,20)10-9-16-14(18)13-7-3-5-12(11-13)6-4-8-15/h3,5,7,11,17H,2,8-10,15H2,1H3,(H,16,18). The molecule has 0 aliphatic carbocycles. The Morgan fingerprint density at radius 1 is 1.38 bits per heavy atom. The molecule has 0 heterocycles. The molecule has 0 fully saturated rings. The lowest BCUT2D eigenvalue weighted by Gasteiger charge is -2.07. The molecule has 0 bridgehead atoms. The second-order valence-electron chi connectivity index (χ2n) is 4.16. The average Bonchev–Trinajstić information content (AvgIpc) is 2.45. The molecule has 0 aliphatic rings. The number of rotatable bonds is 6. The topological polar surface area (TPSA) is 101 Å². The summed E-state index contributed by atoms with van der Waals surface area (Å²) in [5, 5.41) is 2.57. The van der Waals surface area contributed by atoms with Crippen LogP contribution in [0.15, 0.2) is 24.3 Å². The van der Waals surface area contributed by atoms with Crippen LogP contribution in [0, 0.1) is 11.8 Å². The summed E-state index contributed by atoms with van der Waals surface area (Å²) in [6, 6.07) is 6.76. The molecule has 1 rings (SSSR count). The summed E-state index contributed by atoms with van der Waals surface area (Å²) in [5.74, 6) is 5.05. The fourth-order valence-electron chi connectivity index (χ4n) is 1.58. The van der Waals surface area contributed by atoms with Crippen molar-refractivity contribution in [2.45, 2.75) is 6.92 Å². The maximum atomic E-state index is 11.9. The van der Waals surface area contributed by atoms with Crippen molar-refractivity contribution in [1.29, 1.82) is 0 Å². The minimum absolute atomic E-state index is 0.0485. The van der Waals surface area contributed by atoms with Gasteiger partial charge in [0.15, 0.2) is 0 Å². The van der Waals surface area contributed by atoms with Gasteiger partial charge in [-0.1, -0.05) is 24.8 Å². The molecular weight excluding hydrogens is 290 g/mol. The number of nitrogens with one attached hydrogen (secondary N) is 2. The summed E-state index contributed by atoms with van der Waals surface area (Å²) < 4.78 is 25.2. The van der Waals surface area contributed by atoms with Gasteiger partial charge in [-0.3, -0.25) is 4.79 Å². The molecule has 4 N–H and O–H groups in total. The van der Waals surface area contributed by atoms with Crippen molar-refractivity contribution < 1.29 is 13.2 Å². The zero-order chi connectivity index (χ0) is 15.7. The summed E-state index contributed by atoms with van der Waals surface area (Å²) in [4.78, 5) is 11.9. The molecule has 0 aromatic heterocycles. The molecule has 0 spiro atoms. The average molecular weight is 309 g/mol. The van der Waals surface area contributed by atoms with Crippen molar-refractivity contribution in [3.8, 4) is 11.8 Å². The van der Waals surface area contributed by atoms with Gasteiger partial charge in [0.1, 0.15) is 0 Å². The van der Waals surface area contributed by atoms with Crippen LogP contribution < -0.4 is 15.8 Å². The van der Waals surface area contributed by atoms with Crippen LogP contribution >= 0.6 is 0 Å². The Labute approximate surface area is 125 Å². The first-order valence-electron chi connectivity index (χ1n) is 6.53. The van der Waals surface area contributed by atoms with Gasteiger partial charge in [-0.15, -0.1) is 0 Å². The quantitative estimate of drug-likeness (QED) is 0.626. The van der Waals surface area contributed by atoms with Crippen LogP contribution in [-0.2, 0) is 10.0 Å². The molecular formula is C14H19N3O3S. The molecule has 1 amide bonds. The number of carbonyl (C=O) groups excluding carboxylic acids is 1. The van der Waals surface area contributed by atoms with E-state index in [1.165, 1.54) is 0 Å². The minimum Gasteiger partial charge on any atom is -0.351 e. The minimum atomic E-state index is -3.33. The maximum Gasteiger partial charge on any atom is 0.251 e. The van der Waals surface area contributed by atoms with Gasteiger partial charge in [0.05, 0.1) is 12.3 Å². The van der Waals surface area contributed by atoms with Crippen molar-refractivity contribution in [3.63, 3.8) is 0 Å². The van der Waals surface area contributed by atoms with Gasteiger partial charge in [0.2, 0.25) is 10.0 Å². The molecule has 0 aliphatic heterocycles. The zero-order valence-corrected chi connectivity index (χ0v) is 12.7. The van der Waals surface area contributed by atoms with Crippen molar-refractivity contribution in [2.24, 2.45) is 5.73 Å². The van der Waals surface area contributed by atoms with E-state index in [0.29, 0.717) is 17.7 Å². The third kappa shape index (κ3) is 6.40. The molecule has 0 saturated carbocycles. The number of sulfonamides is 1. The van der Waals surface area contributed by atoms with Gasteiger partial charge in [0.25, 0.3) is 5.91 Å². The third-order valence-electron chi connectivity index (χ3n) is 2.48. The summed E-state index contributed by atoms with van der Waals surface area (Å²) in [6.45, 7) is 2.33. The lowest BCUT2D eigenvalue weighted by atomic mass is 10.1. The first-order chi connectivity index (χ1) is 9.98. The summed E-state index contributed by atoms with van der Waals surface area (Å²) in [7, 11) is -3.33. The van der Waals surface area contributed by atoms with E-state index in [1.807, 2.05) is 0 Å². The molecule has 0 atom stereocenters. The summed E-state index contributed by atoms with van der Waals surface area (Å²) in [5.41, 5.74) is 6.41. The summed E-state index contributed by atoms with van der Waals surface area (Å²) >= 11 is 0. The Bertz CT molecular complexity index is 645. The van der Waals surface area contributed by atoms with E-state index in [4.69, 9.17) is 5.73 Å². The van der Waals surface area contributed by atoms with E-state index < -0.39 is 10.0 Å². The Hall–Kier alpha value is -1.88. The number of amides is 1. The van der Waals surface area contributed by atoms with Gasteiger partial charge in [0, 0.05) is 24.2 Å². The van der Waals surface area contributed by atoms with Crippen molar-refractivity contribution >= 4 is 15.9 Å². The summed E-state index contributed by atoms with van der Waals surface area (Å²) in [6.07, 6.45) is 0. The van der Waals surface area contributed by atoms with Crippen molar-refractivity contribution in [1.82, 2.24) is 10.0 Å². The lowest BCUT2D eigenvalue weighted by Crippen LogP contribution is -2.34. The number of nitrogens with two attached hydrogens (primary N) is 1. The monoisotopic (exact) mass is 309 g/mol. The Kier molecular flexibility index (Phi) is 6.88. The highest BCUT2D eigenvalue weighted by molar-refractivity contribution is 7.89. The highest BCUT2D eigenvalue weighted by Crippen LogP contribution is 2.04. The molecule has 114 valence electrons. The highest BCUT2D eigenvalue weighted by atomic mass is 32.2. The first-order valence-corrected chi connectivity index (χ1v) is 8.18. The number of carbonyl (C=O) groups is 1. The fraction of sp³-hybridized carbons (Fsp3) is 0.357. The number of hydrogen-bond donors (Lipinski definition) is 3. The van der Waals surface area contributed by atoms with Crippen LogP contribution in [-0.4, -0.2) is 39.7 Å². The smallest absolute Gasteiger partial charge is 0.251 e. The fourth-order valence-corrected chi connectivity index (χ4v) is 2.54. The Balaban J connectivity index is 2.60. The van der Waals surface area contributed by atoms with Gasteiger partial charge in [-0.25, -0.2) is 13.1 Å². The predicted octanol–water partition coefficient (Wildman–Crippen LogP) is -0.334. The molecule has 21 heavy (non-hydrogen) atoms. The van der Waals surface area contributed by atoms with Crippen LogP contribution in [0.1, 0.15) is 22.8 Å². The number of benzene rings is 1. The van der Waals surface area contributed by atoms with Gasteiger partial charge < -0.3 is 11.1 Å². The SMILES string of the molecule is CCNS(=O)(=O)CCNC(=O)c1cccc(C#CCN)c1. The van der Waals surface area contributed by atoms with E-state index >= 15 is 0 Å². The maximum absolute atomic E-state index is 11.9. The predicted molar refractivity (Wildman–Crippen MR) is 82.2 cm³/mol.